The van der Waals surface area contributed by atoms with Crippen molar-refractivity contribution < 1.29 is 13.2 Å². The molecule has 4 nitrogen and oxygen atoms in total. The fourth-order valence-corrected chi connectivity index (χ4v) is 1.73. The van der Waals surface area contributed by atoms with Crippen LogP contribution in [0.15, 0.2) is 30.3 Å². The molecule has 0 amide bonds. The van der Waals surface area contributed by atoms with Crippen LogP contribution in [0, 0.1) is 6.92 Å². The minimum Gasteiger partial charge on any atom is -0.353 e. The molecule has 2 rings (SSSR count). The van der Waals surface area contributed by atoms with Gasteiger partial charge in [0.25, 0.3) is 0 Å². The predicted molar refractivity (Wildman–Crippen MR) is 74.8 cm³/mol. The predicted octanol–water partition coefficient (Wildman–Crippen LogP) is 2.84. The molecule has 0 unspecified atom stereocenters. The molecule has 2 aromatic rings. The first-order valence-electron chi connectivity index (χ1n) is 6.37. The minimum atomic E-state index is -4.53. The number of nitrogens with one attached hydrogen (secondary N) is 1. The summed E-state index contributed by atoms with van der Waals surface area (Å²) < 4.78 is 38.7. The Labute approximate surface area is 120 Å². The Hall–Kier alpha value is -2.15. The summed E-state index contributed by atoms with van der Waals surface area (Å²) in [5, 5.41) is 2.68. The summed E-state index contributed by atoms with van der Waals surface area (Å²) in [4.78, 5) is 7.59. The summed E-state index contributed by atoms with van der Waals surface area (Å²) in [6, 6.07) is 8.03. The molecule has 0 atom stereocenters. The topological polar surface area (TPSA) is 63.8 Å². The molecule has 0 aliphatic carbocycles. The molecule has 21 heavy (non-hydrogen) atoms. The Morgan fingerprint density at radius 2 is 1.81 bits per heavy atom. The van der Waals surface area contributed by atoms with Crippen molar-refractivity contribution in [2.24, 2.45) is 5.73 Å². The Morgan fingerprint density at radius 1 is 1.14 bits per heavy atom. The van der Waals surface area contributed by atoms with E-state index < -0.39 is 11.9 Å². The van der Waals surface area contributed by atoms with Gasteiger partial charge in [-0.05, 0) is 13.0 Å². The van der Waals surface area contributed by atoms with E-state index in [4.69, 9.17) is 5.73 Å². The molecule has 1 aromatic heterocycles. The van der Waals surface area contributed by atoms with Gasteiger partial charge in [0.05, 0.1) is 5.69 Å². The van der Waals surface area contributed by atoms with Crippen LogP contribution >= 0.6 is 0 Å². The third kappa shape index (κ3) is 3.91. The van der Waals surface area contributed by atoms with Gasteiger partial charge in [0.1, 0.15) is 0 Å². The molecule has 1 aromatic carbocycles. The average molecular weight is 296 g/mol. The van der Waals surface area contributed by atoms with Crippen LogP contribution in [0.2, 0.25) is 0 Å². The fraction of sp³-hybridized carbons (Fsp3) is 0.286. The van der Waals surface area contributed by atoms with Crippen molar-refractivity contribution in [3.63, 3.8) is 0 Å². The first-order chi connectivity index (χ1) is 9.90. The molecule has 0 saturated heterocycles. The van der Waals surface area contributed by atoms with E-state index in [0.717, 1.165) is 11.6 Å². The van der Waals surface area contributed by atoms with Crippen molar-refractivity contribution in [3.05, 3.63) is 41.6 Å². The highest BCUT2D eigenvalue weighted by Gasteiger charge is 2.33. The maximum absolute atomic E-state index is 12.9. The summed E-state index contributed by atoms with van der Waals surface area (Å²) in [5.41, 5.74) is 6.19. The van der Waals surface area contributed by atoms with Gasteiger partial charge in [-0.15, -0.1) is 0 Å². The zero-order chi connectivity index (χ0) is 15.5. The van der Waals surface area contributed by atoms with Crippen molar-refractivity contribution in [1.82, 2.24) is 9.97 Å². The van der Waals surface area contributed by atoms with Gasteiger partial charge in [-0.1, -0.05) is 29.8 Å². The van der Waals surface area contributed by atoms with E-state index in [0.29, 0.717) is 12.1 Å². The summed E-state index contributed by atoms with van der Waals surface area (Å²) in [5.74, 6) is -0.0779. The molecule has 0 bridgehead atoms. The third-order valence-electron chi connectivity index (χ3n) is 2.79. The highest BCUT2D eigenvalue weighted by molar-refractivity contribution is 5.61. The van der Waals surface area contributed by atoms with Crippen LogP contribution < -0.4 is 11.1 Å². The van der Waals surface area contributed by atoms with Gasteiger partial charge in [-0.25, -0.2) is 9.97 Å². The SMILES string of the molecule is Cc1ccc(-c2cc(C(F)(F)F)nc(NCCN)n2)cc1. The number of halogens is 3. The Morgan fingerprint density at radius 3 is 2.38 bits per heavy atom. The van der Waals surface area contributed by atoms with Gasteiger partial charge >= 0.3 is 6.18 Å². The molecule has 3 N–H and O–H groups in total. The lowest BCUT2D eigenvalue weighted by Crippen LogP contribution is -2.17. The number of alkyl halides is 3. The number of nitrogens with two attached hydrogens (primary N) is 1. The minimum absolute atomic E-state index is 0.0779. The molecule has 0 radical (unpaired) electrons. The smallest absolute Gasteiger partial charge is 0.353 e. The molecular formula is C14H15F3N4. The highest BCUT2D eigenvalue weighted by Crippen LogP contribution is 2.31. The van der Waals surface area contributed by atoms with Gasteiger partial charge in [-0.3, -0.25) is 0 Å². The Bertz CT molecular complexity index is 609. The molecular weight excluding hydrogens is 281 g/mol. The van der Waals surface area contributed by atoms with Gasteiger partial charge in [0.2, 0.25) is 5.95 Å². The van der Waals surface area contributed by atoms with Crippen LogP contribution in [0.1, 0.15) is 11.3 Å². The number of anilines is 1. The van der Waals surface area contributed by atoms with E-state index in [1.54, 1.807) is 12.1 Å². The second-order valence-corrected chi connectivity index (χ2v) is 4.54. The highest BCUT2D eigenvalue weighted by atomic mass is 19.4. The second-order valence-electron chi connectivity index (χ2n) is 4.54. The van der Waals surface area contributed by atoms with E-state index in [1.807, 2.05) is 19.1 Å². The van der Waals surface area contributed by atoms with Crippen LogP contribution in [0.4, 0.5) is 19.1 Å². The van der Waals surface area contributed by atoms with Crippen molar-refractivity contribution in [2.45, 2.75) is 13.1 Å². The second kappa shape index (κ2) is 6.09. The first kappa shape index (κ1) is 15.2. The van der Waals surface area contributed by atoms with E-state index in [1.165, 1.54) is 0 Å². The van der Waals surface area contributed by atoms with Gasteiger partial charge in [0, 0.05) is 18.7 Å². The van der Waals surface area contributed by atoms with Crippen LogP contribution in [0.3, 0.4) is 0 Å². The number of rotatable bonds is 4. The third-order valence-corrected chi connectivity index (χ3v) is 2.79. The molecule has 7 heteroatoms. The normalized spacial score (nSPS) is 11.5. The molecule has 0 fully saturated rings. The summed E-state index contributed by atoms with van der Waals surface area (Å²) >= 11 is 0. The molecule has 0 spiro atoms. The first-order valence-corrected chi connectivity index (χ1v) is 6.37. The zero-order valence-electron chi connectivity index (χ0n) is 11.4. The summed E-state index contributed by atoms with van der Waals surface area (Å²) in [7, 11) is 0. The van der Waals surface area contributed by atoms with Gasteiger partial charge in [0.15, 0.2) is 5.69 Å². The van der Waals surface area contributed by atoms with Crippen LogP contribution in [-0.4, -0.2) is 23.1 Å². The number of nitrogens with zero attached hydrogens (tertiary/aromatic N) is 2. The number of benzene rings is 1. The van der Waals surface area contributed by atoms with Crippen LogP contribution in [0.25, 0.3) is 11.3 Å². The lowest BCUT2D eigenvalue weighted by molar-refractivity contribution is -0.141. The maximum Gasteiger partial charge on any atom is 0.433 e. The maximum atomic E-state index is 12.9. The summed E-state index contributed by atoms with van der Waals surface area (Å²) in [6.45, 7) is 2.48. The number of hydrogen-bond acceptors (Lipinski definition) is 4. The summed E-state index contributed by atoms with van der Waals surface area (Å²) in [6.07, 6.45) is -4.53. The van der Waals surface area contributed by atoms with Crippen LogP contribution in [-0.2, 0) is 6.18 Å². The molecule has 0 aliphatic heterocycles. The van der Waals surface area contributed by atoms with E-state index in [9.17, 15) is 13.2 Å². The molecule has 0 saturated carbocycles. The molecule has 112 valence electrons. The Balaban J connectivity index is 2.46. The monoisotopic (exact) mass is 296 g/mol. The lowest BCUT2D eigenvalue weighted by atomic mass is 10.1. The standard InChI is InChI=1S/C14H15F3N4/c1-9-2-4-10(5-3-9)11-8-12(14(15,16)17)21-13(20-11)19-7-6-18/h2-5,8H,6-7,18H2,1H3,(H,19,20,21). The van der Waals surface area contributed by atoms with Gasteiger partial charge in [-0.2, -0.15) is 13.2 Å². The van der Waals surface area contributed by atoms with Crippen molar-refractivity contribution in [3.8, 4) is 11.3 Å². The zero-order valence-corrected chi connectivity index (χ0v) is 11.4. The van der Waals surface area contributed by atoms with Gasteiger partial charge < -0.3 is 11.1 Å². The Kier molecular flexibility index (Phi) is 4.42. The van der Waals surface area contributed by atoms with E-state index in [-0.39, 0.29) is 18.2 Å². The fourth-order valence-electron chi connectivity index (χ4n) is 1.73. The number of aryl methyl sites for hydroxylation is 1. The number of aromatic nitrogens is 2. The quantitative estimate of drug-likeness (QED) is 0.910. The number of hydrogen-bond donors (Lipinski definition) is 2. The average Bonchev–Trinajstić information content (AvgIpc) is 2.44. The molecule has 0 aliphatic rings. The molecule has 1 heterocycles. The largest absolute Gasteiger partial charge is 0.433 e. The van der Waals surface area contributed by atoms with E-state index in [2.05, 4.69) is 15.3 Å². The van der Waals surface area contributed by atoms with Crippen molar-refractivity contribution in [1.29, 1.82) is 0 Å². The lowest BCUT2D eigenvalue weighted by Gasteiger charge is -2.11. The van der Waals surface area contributed by atoms with Crippen LogP contribution in [0.5, 0.6) is 0 Å². The van der Waals surface area contributed by atoms with Crippen molar-refractivity contribution >= 4 is 5.95 Å². The van der Waals surface area contributed by atoms with E-state index >= 15 is 0 Å². The van der Waals surface area contributed by atoms with Crippen molar-refractivity contribution in [2.75, 3.05) is 18.4 Å².